The molecule has 0 radical (unpaired) electrons. The Bertz CT molecular complexity index is 1090. The van der Waals surface area contributed by atoms with Gasteiger partial charge in [-0.1, -0.05) is 6.42 Å². The van der Waals surface area contributed by atoms with E-state index in [2.05, 4.69) is 15.3 Å². The molecule has 8 heteroatoms. The molecule has 1 amide bonds. The number of hydrogen-bond acceptors (Lipinski definition) is 4. The number of hydrogen-bond donors (Lipinski definition) is 2. The quantitative estimate of drug-likeness (QED) is 0.692. The number of carbonyl (C=O) groups is 1. The van der Waals surface area contributed by atoms with Crippen molar-refractivity contribution in [2.75, 3.05) is 12.4 Å². The second kappa shape index (κ2) is 7.77. The number of methoxy groups -OCH3 is 1. The lowest BCUT2D eigenvalue weighted by Gasteiger charge is -2.28. The maximum atomic E-state index is 12.8. The highest BCUT2D eigenvalue weighted by atomic mass is 16.5. The number of anilines is 1. The van der Waals surface area contributed by atoms with Crippen molar-refractivity contribution in [3.05, 3.63) is 40.6 Å². The number of nitrogens with zero attached hydrogens (tertiary/aromatic N) is 3. The van der Waals surface area contributed by atoms with Crippen molar-refractivity contribution in [3.8, 4) is 5.75 Å². The highest BCUT2D eigenvalue weighted by Gasteiger charge is 2.26. The molecule has 2 N–H and O–H groups in total. The maximum Gasteiger partial charge on any atom is 0.328 e. The lowest BCUT2D eigenvalue weighted by atomic mass is 9.80. The number of aryl methyl sites for hydroxylation is 1. The van der Waals surface area contributed by atoms with Gasteiger partial charge in [-0.05, 0) is 37.3 Å². The van der Waals surface area contributed by atoms with E-state index in [0.717, 1.165) is 48.2 Å². The Kier molecular flexibility index (Phi) is 5.17. The third-order valence-electron chi connectivity index (χ3n) is 5.91. The van der Waals surface area contributed by atoms with Crippen LogP contribution in [-0.2, 0) is 18.4 Å². The Morgan fingerprint density at radius 3 is 2.93 bits per heavy atom. The van der Waals surface area contributed by atoms with E-state index in [1.807, 2.05) is 36.0 Å². The Balaban J connectivity index is 1.55. The number of carbonyl (C=O) groups excluding carboxylic acids is 1. The third-order valence-corrected chi connectivity index (χ3v) is 5.91. The van der Waals surface area contributed by atoms with E-state index in [0.29, 0.717) is 24.3 Å². The van der Waals surface area contributed by atoms with E-state index < -0.39 is 0 Å². The summed E-state index contributed by atoms with van der Waals surface area (Å²) in [5.41, 5.74) is 2.88. The molecule has 2 atom stereocenters. The topological polar surface area (TPSA) is 93.9 Å². The number of imidazole rings is 2. The molecule has 1 fully saturated rings. The summed E-state index contributed by atoms with van der Waals surface area (Å²) in [5.74, 6) is 1.85. The lowest BCUT2D eigenvalue weighted by molar-refractivity contribution is -0.114. The first-order valence-corrected chi connectivity index (χ1v) is 10.0. The fourth-order valence-electron chi connectivity index (χ4n) is 4.46. The fourth-order valence-corrected chi connectivity index (χ4v) is 4.46. The second-order valence-corrected chi connectivity index (χ2v) is 7.90. The Morgan fingerprint density at radius 1 is 1.34 bits per heavy atom. The molecule has 2 aromatic heterocycles. The van der Waals surface area contributed by atoms with Gasteiger partial charge in [0.25, 0.3) is 0 Å². The summed E-state index contributed by atoms with van der Waals surface area (Å²) in [6.07, 6.45) is 6.07. The minimum atomic E-state index is -0.141. The maximum absolute atomic E-state index is 12.8. The molecule has 0 saturated heterocycles. The van der Waals surface area contributed by atoms with Gasteiger partial charge in [-0.3, -0.25) is 19.2 Å². The van der Waals surface area contributed by atoms with Crippen molar-refractivity contribution in [1.82, 2.24) is 19.1 Å². The van der Waals surface area contributed by atoms with Crippen molar-refractivity contribution in [2.24, 2.45) is 13.0 Å². The fraction of sp³-hybridized carbons (Fsp3) is 0.476. The average Bonchev–Trinajstić information content (AvgIpc) is 3.26. The summed E-state index contributed by atoms with van der Waals surface area (Å²) >= 11 is 0. The average molecular weight is 397 g/mol. The predicted molar refractivity (Wildman–Crippen MR) is 111 cm³/mol. The van der Waals surface area contributed by atoms with E-state index in [1.165, 1.54) is 6.92 Å². The molecule has 4 rings (SSSR count). The number of aromatic amines is 1. The third kappa shape index (κ3) is 3.79. The molecule has 29 heavy (non-hydrogen) atoms. The van der Waals surface area contributed by atoms with Crippen LogP contribution >= 0.6 is 0 Å². The van der Waals surface area contributed by atoms with Gasteiger partial charge in [-0.15, -0.1) is 0 Å². The second-order valence-electron chi connectivity index (χ2n) is 7.90. The van der Waals surface area contributed by atoms with Gasteiger partial charge in [-0.25, -0.2) is 9.78 Å². The largest absolute Gasteiger partial charge is 0.497 e. The van der Waals surface area contributed by atoms with E-state index >= 15 is 0 Å². The molecule has 2 unspecified atom stereocenters. The molecule has 1 aromatic carbocycles. The zero-order valence-corrected chi connectivity index (χ0v) is 17.1. The van der Waals surface area contributed by atoms with E-state index in [1.54, 1.807) is 11.7 Å². The molecule has 2 heterocycles. The van der Waals surface area contributed by atoms with Crippen LogP contribution in [0.4, 0.5) is 5.95 Å². The lowest BCUT2D eigenvalue weighted by Crippen LogP contribution is -2.27. The molecule has 1 aliphatic rings. The minimum Gasteiger partial charge on any atom is -0.497 e. The van der Waals surface area contributed by atoms with Crippen LogP contribution in [0, 0.1) is 5.92 Å². The summed E-state index contributed by atoms with van der Waals surface area (Å²) < 4.78 is 8.93. The van der Waals surface area contributed by atoms with Gasteiger partial charge < -0.3 is 9.72 Å². The zero-order valence-electron chi connectivity index (χ0n) is 17.1. The Hall–Kier alpha value is -3.03. The van der Waals surface area contributed by atoms with Crippen LogP contribution in [-0.4, -0.2) is 32.1 Å². The first kappa shape index (κ1) is 19.3. The van der Waals surface area contributed by atoms with Crippen molar-refractivity contribution in [3.63, 3.8) is 0 Å². The number of benzene rings is 1. The summed E-state index contributed by atoms with van der Waals surface area (Å²) in [5, 5.41) is 2.69. The predicted octanol–water partition coefficient (Wildman–Crippen LogP) is 3.00. The van der Waals surface area contributed by atoms with Gasteiger partial charge in [-0.2, -0.15) is 0 Å². The van der Waals surface area contributed by atoms with Crippen molar-refractivity contribution in [1.29, 1.82) is 0 Å². The number of nitrogens with one attached hydrogen (secondary N) is 2. The van der Waals surface area contributed by atoms with E-state index in [9.17, 15) is 9.59 Å². The highest BCUT2D eigenvalue weighted by Crippen LogP contribution is 2.37. The number of aromatic nitrogens is 4. The minimum absolute atomic E-state index is 0.00450. The molecule has 8 nitrogen and oxygen atoms in total. The Morgan fingerprint density at radius 2 is 2.17 bits per heavy atom. The van der Waals surface area contributed by atoms with Crippen LogP contribution in [0.5, 0.6) is 5.75 Å². The summed E-state index contributed by atoms with van der Waals surface area (Å²) in [6.45, 7) is 2.16. The summed E-state index contributed by atoms with van der Waals surface area (Å²) in [4.78, 5) is 31.6. The molecular formula is C21H27N5O3. The molecular weight excluding hydrogens is 370 g/mol. The van der Waals surface area contributed by atoms with Gasteiger partial charge in [0.1, 0.15) is 5.75 Å². The van der Waals surface area contributed by atoms with Gasteiger partial charge in [0, 0.05) is 38.2 Å². The number of H-pyrrole nitrogens is 1. The SMILES string of the molecule is COc1ccc2c(c1)n(CC1CCCC(c3cnc(NC(C)=O)[nH]3)C1)c(=O)n2C. The van der Waals surface area contributed by atoms with E-state index in [-0.39, 0.29) is 11.6 Å². The number of fused-ring (bicyclic) bond motifs is 1. The summed E-state index contributed by atoms with van der Waals surface area (Å²) in [7, 11) is 3.45. The van der Waals surface area contributed by atoms with Crippen LogP contribution in [0.1, 0.15) is 44.2 Å². The van der Waals surface area contributed by atoms with Crippen LogP contribution < -0.4 is 15.7 Å². The first-order valence-electron chi connectivity index (χ1n) is 10.0. The standard InChI is InChI=1S/C21H27N5O3/c1-13(27)23-20-22-11-17(24-20)15-6-4-5-14(9-15)12-26-19-10-16(29-3)7-8-18(19)25(2)21(26)28/h7-8,10-11,14-15H,4-6,9,12H2,1-3H3,(H2,22,23,24,27). The van der Waals surface area contributed by atoms with Gasteiger partial charge in [0.05, 0.1) is 24.3 Å². The molecule has 0 spiro atoms. The highest BCUT2D eigenvalue weighted by molar-refractivity contribution is 5.86. The van der Waals surface area contributed by atoms with Gasteiger partial charge >= 0.3 is 5.69 Å². The van der Waals surface area contributed by atoms with Crippen LogP contribution in [0.15, 0.2) is 29.2 Å². The van der Waals surface area contributed by atoms with Crippen LogP contribution in [0.25, 0.3) is 11.0 Å². The van der Waals surface area contributed by atoms with Crippen molar-refractivity contribution >= 4 is 22.9 Å². The molecule has 154 valence electrons. The first-order chi connectivity index (χ1) is 14.0. The number of amides is 1. The molecule has 0 bridgehead atoms. The number of ether oxygens (including phenoxy) is 1. The zero-order chi connectivity index (χ0) is 20.5. The molecule has 1 saturated carbocycles. The number of rotatable bonds is 5. The monoisotopic (exact) mass is 397 g/mol. The van der Waals surface area contributed by atoms with Crippen LogP contribution in [0.3, 0.4) is 0 Å². The van der Waals surface area contributed by atoms with E-state index in [4.69, 9.17) is 4.74 Å². The van der Waals surface area contributed by atoms with Gasteiger partial charge in [0.2, 0.25) is 11.9 Å². The molecule has 0 aliphatic heterocycles. The Labute approximate surface area is 168 Å². The van der Waals surface area contributed by atoms with Crippen molar-refractivity contribution < 1.29 is 9.53 Å². The molecule has 1 aliphatic carbocycles. The van der Waals surface area contributed by atoms with Gasteiger partial charge in [0.15, 0.2) is 0 Å². The molecule has 3 aromatic rings. The van der Waals surface area contributed by atoms with Crippen LogP contribution in [0.2, 0.25) is 0 Å². The summed E-state index contributed by atoms with van der Waals surface area (Å²) in [6, 6.07) is 5.75. The normalized spacial score (nSPS) is 19.4. The van der Waals surface area contributed by atoms with Crippen molar-refractivity contribution in [2.45, 2.75) is 45.1 Å². The smallest absolute Gasteiger partial charge is 0.328 e.